The van der Waals surface area contributed by atoms with Crippen LogP contribution in [0.1, 0.15) is 0 Å². The van der Waals surface area contributed by atoms with Crippen molar-refractivity contribution in [3.05, 3.63) is 12.2 Å². The normalized spacial score (nSPS) is 21.5. The number of nitrogens with zero attached hydrogens (tertiary/aromatic N) is 1. The number of carbonyl (C=O) groups excluding carboxylic acids is 1. The zero-order valence-electron chi connectivity index (χ0n) is 6.54. The highest BCUT2D eigenvalue weighted by molar-refractivity contribution is 7.84. The Balaban J connectivity index is 2.59. The highest BCUT2D eigenvalue weighted by Gasteiger charge is 2.19. The Hall–Kier alpha value is -1.21. The van der Waals surface area contributed by atoms with Gasteiger partial charge in [-0.3, -0.25) is 14.3 Å². The minimum Gasteiger partial charge on any atom is -0.292 e. The zero-order chi connectivity index (χ0) is 9.90. The third-order valence-corrected chi connectivity index (χ3v) is 1.86. The van der Waals surface area contributed by atoms with E-state index in [1.165, 1.54) is 23.1 Å². The van der Waals surface area contributed by atoms with Gasteiger partial charge in [0.2, 0.25) is 5.91 Å². The molecule has 13 heavy (non-hydrogen) atoms. The first kappa shape index (κ1) is 9.87. The van der Waals surface area contributed by atoms with Crippen LogP contribution in [0.3, 0.4) is 0 Å². The number of rotatable bonds is 2. The van der Waals surface area contributed by atoms with E-state index in [1.54, 1.807) is 0 Å². The second-order valence-corrected chi connectivity index (χ2v) is 3.60. The van der Waals surface area contributed by atoms with E-state index in [0.717, 1.165) is 0 Å². The lowest BCUT2D eigenvalue weighted by atomic mass is 10.1. The van der Waals surface area contributed by atoms with E-state index in [0.29, 0.717) is 0 Å². The summed E-state index contributed by atoms with van der Waals surface area (Å²) in [4.78, 5) is 14.8. The number of nitrogens with one attached hydrogen (secondary N) is 1. The molecular formula is C6H8N2O4S. The van der Waals surface area contributed by atoms with Crippen molar-refractivity contribution in [2.75, 3.05) is 6.54 Å². The largest absolute Gasteiger partial charge is 0.359 e. The first-order valence-electron chi connectivity index (χ1n) is 3.45. The van der Waals surface area contributed by atoms with Crippen molar-refractivity contribution in [2.45, 2.75) is 0 Å². The van der Waals surface area contributed by atoms with Gasteiger partial charge in [-0.25, -0.2) is 4.72 Å². The maximum absolute atomic E-state index is 11.0. The van der Waals surface area contributed by atoms with Gasteiger partial charge in [0.1, 0.15) is 0 Å². The van der Waals surface area contributed by atoms with Gasteiger partial charge >= 0.3 is 10.3 Å². The van der Waals surface area contributed by atoms with E-state index in [2.05, 4.69) is 4.99 Å². The molecule has 0 aromatic rings. The quantitative estimate of drug-likeness (QED) is 0.573. The van der Waals surface area contributed by atoms with Crippen LogP contribution >= 0.6 is 0 Å². The maximum atomic E-state index is 11.0. The molecule has 0 aliphatic carbocycles. The van der Waals surface area contributed by atoms with E-state index < -0.39 is 22.1 Å². The molecule has 0 fully saturated rings. The van der Waals surface area contributed by atoms with E-state index >= 15 is 0 Å². The fraction of sp³-hybridized carbons (Fsp3) is 0.333. The van der Waals surface area contributed by atoms with Crippen LogP contribution in [0.15, 0.2) is 17.1 Å². The molecule has 1 aliphatic rings. The Labute approximate surface area is 75.2 Å². The topological polar surface area (TPSA) is 95.8 Å². The molecule has 7 heteroatoms. The zero-order valence-corrected chi connectivity index (χ0v) is 7.36. The average molecular weight is 204 g/mol. The monoisotopic (exact) mass is 204 g/mol. The number of hydrogen-bond donors (Lipinski definition) is 2. The van der Waals surface area contributed by atoms with Crippen LogP contribution in [0.4, 0.5) is 0 Å². The number of amides is 1. The van der Waals surface area contributed by atoms with Gasteiger partial charge in [-0.05, 0) is 6.08 Å². The molecular weight excluding hydrogens is 196 g/mol. The van der Waals surface area contributed by atoms with Gasteiger partial charge in [0, 0.05) is 6.21 Å². The molecule has 1 unspecified atom stereocenters. The minimum atomic E-state index is -4.46. The van der Waals surface area contributed by atoms with Crippen molar-refractivity contribution in [3.63, 3.8) is 0 Å². The average Bonchev–Trinajstić information content (AvgIpc) is 2.03. The van der Waals surface area contributed by atoms with Gasteiger partial charge in [-0.1, -0.05) is 6.08 Å². The van der Waals surface area contributed by atoms with Gasteiger partial charge in [-0.15, -0.1) is 0 Å². The molecule has 1 rings (SSSR count). The summed E-state index contributed by atoms with van der Waals surface area (Å²) < 4.78 is 30.2. The summed E-state index contributed by atoms with van der Waals surface area (Å²) in [6, 6.07) is 0. The van der Waals surface area contributed by atoms with E-state index in [1.807, 2.05) is 0 Å². The second kappa shape index (κ2) is 3.67. The van der Waals surface area contributed by atoms with E-state index in [-0.39, 0.29) is 6.54 Å². The molecule has 0 bridgehead atoms. The Morgan fingerprint density at radius 3 is 2.77 bits per heavy atom. The summed E-state index contributed by atoms with van der Waals surface area (Å²) in [5.74, 6) is -1.41. The Bertz CT molecular complexity index is 357. The number of allylic oxidation sites excluding steroid dienone is 1. The smallest absolute Gasteiger partial charge is 0.292 e. The first-order valence-corrected chi connectivity index (χ1v) is 4.89. The summed E-state index contributed by atoms with van der Waals surface area (Å²) in [5, 5.41) is 0. The second-order valence-electron chi connectivity index (χ2n) is 2.45. The predicted octanol–water partition coefficient (Wildman–Crippen LogP) is -0.838. The minimum absolute atomic E-state index is 0.192. The molecule has 1 aliphatic heterocycles. The third kappa shape index (κ3) is 3.34. The molecule has 6 nitrogen and oxygen atoms in total. The van der Waals surface area contributed by atoms with Crippen molar-refractivity contribution in [3.8, 4) is 0 Å². The van der Waals surface area contributed by atoms with Crippen molar-refractivity contribution >= 4 is 22.4 Å². The number of aliphatic imine (C=N–C) groups is 1. The van der Waals surface area contributed by atoms with Crippen LogP contribution in [0.25, 0.3) is 0 Å². The van der Waals surface area contributed by atoms with Crippen LogP contribution in [0, 0.1) is 5.92 Å². The summed E-state index contributed by atoms with van der Waals surface area (Å²) in [6.45, 7) is 0.192. The molecule has 72 valence electrons. The molecule has 1 amide bonds. The van der Waals surface area contributed by atoms with Gasteiger partial charge in [-0.2, -0.15) is 8.42 Å². The van der Waals surface area contributed by atoms with Gasteiger partial charge in [0.15, 0.2) is 0 Å². The highest BCUT2D eigenvalue weighted by Crippen LogP contribution is 2.03. The lowest BCUT2D eigenvalue weighted by Crippen LogP contribution is -2.36. The molecule has 0 saturated heterocycles. The van der Waals surface area contributed by atoms with Crippen molar-refractivity contribution in [1.29, 1.82) is 0 Å². The fourth-order valence-electron chi connectivity index (χ4n) is 0.853. The molecule has 0 radical (unpaired) electrons. The number of hydrogen-bond acceptors (Lipinski definition) is 4. The predicted molar refractivity (Wildman–Crippen MR) is 45.7 cm³/mol. The summed E-state index contributed by atoms with van der Waals surface area (Å²) in [6.07, 6.45) is 4.56. The molecule has 1 atom stereocenters. The van der Waals surface area contributed by atoms with Crippen molar-refractivity contribution in [2.24, 2.45) is 10.9 Å². The molecule has 2 N–H and O–H groups in total. The van der Waals surface area contributed by atoms with Crippen molar-refractivity contribution < 1.29 is 17.8 Å². The van der Waals surface area contributed by atoms with Crippen molar-refractivity contribution in [1.82, 2.24) is 4.72 Å². The lowest BCUT2D eigenvalue weighted by molar-refractivity contribution is -0.121. The number of carbonyl (C=O) groups is 1. The standard InChI is InChI=1S/C6H8N2O4S/c9-6(8-13(10,11)12)5-2-1-3-7-4-5/h1-3,5H,4H2,(H,8,9)(H,10,11,12). The summed E-state index contributed by atoms with van der Waals surface area (Å²) >= 11 is 0. The first-order chi connectivity index (χ1) is 5.99. The van der Waals surface area contributed by atoms with Gasteiger partial charge < -0.3 is 0 Å². The van der Waals surface area contributed by atoms with E-state index in [4.69, 9.17) is 4.55 Å². The van der Waals surface area contributed by atoms with Gasteiger partial charge in [0.25, 0.3) is 0 Å². The molecule has 0 saturated carbocycles. The highest BCUT2D eigenvalue weighted by atomic mass is 32.2. The summed E-state index contributed by atoms with van der Waals surface area (Å²) in [7, 11) is -4.46. The van der Waals surface area contributed by atoms with Crippen LogP contribution in [0.5, 0.6) is 0 Å². The third-order valence-electron chi connectivity index (χ3n) is 1.40. The SMILES string of the molecule is O=C(NS(=O)(=O)O)C1C=CC=NC1. The van der Waals surface area contributed by atoms with Crippen LogP contribution in [-0.4, -0.2) is 31.6 Å². The number of dihydropyridines is 1. The molecule has 0 spiro atoms. The summed E-state index contributed by atoms with van der Waals surface area (Å²) in [5.41, 5.74) is 0. The molecule has 0 aromatic carbocycles. The Morgan fingerprint density at radius 1 is 1.62 bits per heavy atom. The molecule has 1 heterocycles. The maximum Gasteiger partial charge on any atom is 0.359 e. The Kier molecular flexibility index (Phi) is 2.79. The Morgan fingerprint density at radius 2 is 2.31 bits per heavy atom. The lowest BCUT2D eigenvalue weighted by Gasteiger charge is -2.10. The van der Waals surface area contributed by atoms with E-state index in [9.17, 15) is 13.2 Å². The fourth-order valence-corrected chi connectivity index (χ4v) is 1.26. The molecule has 0 aromatic heterocycles. The van der Waals surface area contributed by atoms with Crippen LogP contribution in [0.2, 0.25) is 0 Å². The van der Waals surface area contributed by atoms with Gasteiger partial charge in [0.05, 0.1) is 12.5 Å². The van der Waals surface area contributed by atoms with Crippen LogP contribution < -0.4 is 4.72 Å². The van der Waals surface area contributed by atoms with Crippen LogP contribution in [-0.2, 0) is 15.1 Å².